The van der Waals surface area contributed by atoms with Gasteiger partial charge in [-0.25, -0.2) is 0 Å². The number of hydrogen-bond donors (Lipinski definition) is 0. The molecule has 0 amide bonds. The Hall–Kier alpha value is -1.29. The summed E-state index contributed by atoms with van der Waals surface area (Å²) >= 11 is 0. The normalized spacial score (nSPS) is 14.3. The van der Waals surface area contributed by atoms with Gasteiger partial charge in [-0.3, -0.25) is 4.99 Å². The van der Waals surface area contributed by atoms with Crippen LogP contribution in [0, 0.1) is 12.3 Å². The third kappa shape index (κ3) is 5.17. The van der Waals surface area contributed by atoms with Crippen molar-refractivity contribution in [1.29, 1.82) is 0 Å². The number of terminal acetylenes is 1. The molecule has 0 atom stereocenters. The van der Waals surface area contributed by atoms with Gasteiger partial charge >= 0.3 is 0 Å². The van der Waals surface area contributed by atoms with Crippen LogP contribution in [0.3, 0.4) is 0 Å². The van der Waals surface area contributed by atoms with E-state index >= 15 is 0 Å². The van der Waals surface area contributed by atoms with Crippen LogP contribution >= 0.6 is 0 Å². The Morgan fingerprint density at radius 1 is 1.73 bits per heavy atom. The Bertz CT molecular complexity index is 226. The maximum atomic E-state index is 4.60. The lowest BCUT2D eigenvalue weighted by Gasteiger charge is -2.02. The molecule has 0 saturated heterocycles. The van der Waals surface area contributed by atoms with E-state index in [2.05, 4.69) is 30.8 Å². The lowest BCUT2D eigenvalue weighted by atomic mass is 10.1. The van der Waals surface area contributed by atoms with Gasteiger partial charge in [0.25, 0.3) is 0 Å². The van der Waals surface area contributed by atoms with E-state index in [1.807, 2.05) is 6.08 Å². The molecule has 1 aliphatic rings. The Kier molecular flexibility index (Phi) is 4.85. The van der Waals surface area contributed by atoms with Crippen molar-refractivity contribution in [2.45, 2.75) is 20.3 Å². The molecular formula is C10H13N. The van der Waals surface area contributed by atoms with Crippen molar-refractivity contribution in [1.82, 2.24) is 0 Å². The summed E-state index contributed by atoms with van der Waals surface area (Å²) in [5.74, 6) is 2.25. The van der Waals surface area contributed by atoms with E-state index in [1.54, 1.807) is 13.1 Å². The van der Waals surface area contributed by atoms with Crippen molar-refractivity contribution < 1.29 is 0 Å². The Morgan fingerprint density at radius 2 is 2.27 bits per heavy atom. The van der Waals surface area contributed by atoms with E-state index in [1.165, 1.54) is 5.57 Å². The highest BCUT2D eigenvalue weighted by Gasteiger charge is 1.95. The second kappa shape index (κ2) is 5.49. The van der Waals surface area contributed by atoms with Crippen LogP contribution in [0.25, 0.3) is 0 Å². The number of nitrogens with zero attached hydrogens (tertiary/aromatic N) is 1. The summed E-state index contributed by atoms with van der Waals surface area (Å²) in [6.07, 6.45) is 9.34. The SMILES string of the molecule is C#CC.C=C1CC(C)=CC=N1. The van der Waals surface area contributed by atoms with E-state index in [0.717, 1.165) is 12.1 Å². The Balaban J connectivity index is 0.000000292. The summed E-state index contributed by atoms with van der Waals surface area (Å²) in [6.45, 7) is 7.46. The van der Waals surface area contributed by atoms with Crippen LogP contribution in [0.2, 0.25) is 0 Å². The first-order chi connectivity index (χ1) is 5.20. The minimum Gasteiger partial charge on any atom is -0.262 e. The summed E-state index contributed by atoms with van der Waals surface area (Å²) < 4.78 is 0. The molecule has 0 aliphatic carbocycles. The van der Waals surface area contributed by atoms with Crippen LogP contribution in [-0.4, -0.2) is 6.21 Å². The predicted molar refractivity (Wildman–Crippen MR) is 50.5 cm³/mol. The molecule has 1 aliphatic heterocycles. The molecule has 0 radical (unpaired) electrons. The monoisotopic (exact) mass is 147 g/mol. The van der Waals surface area contributed by atoms with Crippen molar-refractivity contribution in [2.75, 3.05) is 0 Å². The van der Waals surface area contributed by atoms with E-state index in [0.29, 0.717) is 0 Å². The summed E-state index contributed by atoms with van der Waals surface area (Å²) in [5, 5.41) is 0. The van der Waals surface area contributed by atoms with Gasteiger partial charge in [0.1, 0.15) is 0 Å². The standard InChI is InChI=1S/C7H9N.C3H4/c1-6-3-4-8-7(2)5-6;1-3-2/h3-4H,2,5H2,1H3;1H,2H3. The smallest absolute Gasteiger partial charge is 0.0372 e. The lowest BCUT2D eigenvalue weighted by molar-refractivity contribution is 1.08. The molecule has 0 N–H and O–H groups in total. The van der Waals surface area contributed by atoms with Crippen molar-refractivity contribution in [3.8, 4) is 12.3 Å². The molecule has 58 valence electrons. The lowest BCUT2D eigenvalue weighted by Crippen LogP contribution is -1.86. The Labute approximate surface area is 68.5 Å². The quantitative estimate of drug-likeness (QED) is 0.467. The van der Waals surface area contributed by atoms with Crippen LogP contribution < -0.4 is 0 Å². The number of allylic oxidation sites excluding steroid dienone is 2. The van der Waals surface area contributed by atoms with Gasteiger partial charge in [0, 0.05) is 18.3 Å². The van der Waals surface area contributed by atoms with Crippen molar-refractivity contribution in [2.24, 2.45) is 4.99 Å². The van der Waals surface area contributed by atoms with E-state index in [-0.39, 0.29) is 0 Å². The van der Waals surface area contributed by atoms with Crippen molar-refractivity contribution in [3.05, 3.63) is 23.9 Å². The molecule has 1 heterocycles. The van der Waals surface area contributed by atoms with Crippen LogP contribution in [0.1, 0.15) is 20.3 Å². The molecule has 0 unspecified atom stereocenters. The number of rotatable bonds is 0. The zero-order valence-corrected chi connectivity index (χ0v) is 7.09. The van der Waals surface area contributed by atoms with Gasteiger partial charge < -0.3 is 0 Å². The first kappa shape index (κ1) is 9.71. The van der Waals surface area contributed by atoms with Gasteiger partial charge in [0.2, 0.25) is 0 Å². The van der Waals surface area contributed by atoms with Gasteiger partial charge in [0.05, 0.1) is 0 Å². The highest BCUT2D eigenvalue weighted by Crippen LogP contribution is 2.11. The maximum Gasteiger partial charge on any atom is 0.0372 e. The molecule has 1 rings (SSSR count). The van der Waals surface area contributed by atoms with Gasteiger partial charge in [-0.15, -0.1) is 12.3 Å². The van der Waals surface area contributed by atoms with E-state index < -0.39 is 0 Å². The molecule has 0 saturated carbocycles. The van der Waals surface area contributed by atoms with Crippen molar-refractivity contribution in [3.63, 3.8) is 0 Å². The fourth-order valence-corrected chi connectivity index (χ4v) is 0.696. The largest absolute Gasteiger partial charge is 0.262 e. The van der Waals surface area contributed by atoms with Crippen LogP contribution in [0.15, 0.2) is 28.9 Å². The molecule has 0 aromatic rings. The molecule has 1 heteroatoms. The van der Waals surface area contributed by atoms with Crippen LogP contribution in [0.4, 0.5) is 0 Å². The van der Waals surface area contributed by atoms with Crippen LogP contribution in [-0.2, 0) is 0 Å². The van der Waals surface area contributed by atoms with Gasteiger partial charge in [-0.2, -0.15) is 0 Å². The molecule has 0 fully saturated rings. The minimum atomic E-state index is 0.941. The minimum absolute atomic E-state index is 0.941. The molecule has 0 aromatic heterocycles. The third-order valence-electron chi connectivity index (χ3n) is 1.10. The highest BCUT2D eigenvalue weighted by atomic mass is 14.7. The zero-order chi connectivity index (χ0) is 8.69. The Morgan fingerprint density at radius 3 is 2.55 bits per heavy atom. The molecule has 11 heavy (non-hydrogen) atoms. The number of dihydropyridines is 1. The summed E-state index contributed by atoms with van der Waals surface area (Å²) in [4.78, 5) is 3.98. The number of hydrogen-bond acceptors (Lipinski definition) is 1. The van der Waals surface area contributed by atoms with E-state index in [4.69, 9.17) is 0 Å². The molecule has 0 bridgehead atoms. The van der Waals surface area contributed by atoms with Gasteiger partial charge in [-0.1, -0.05) is 12.2 Å². The first-order valence-electron chi connectivity index (χ1n) is 3.45. The second-order valence-corrected chi connectivity index (χ2v) is 2.32. The topological polar surface area (TPSA) is 12.4 Å². The molecular weight excluding hydrogens is 134 g/mol. The summed E-state index contributed by atoms with van der Waals surface area (Å²) in [5.41, 5.74) is 2.30. The molecule has 0 spiro atoms. The first-order valence-corrected chi connectivity index (χ1v) is 3.45. The fraction of sp³-hybridized carbons (Fsp3) is 0.300. The molecule has 0 aromatic carbocycles. The average molecular weight is 147 g/mol. The summed E-state index contributed by atoms with van der Waals surface area (Å²) in [7, 11) is 0. The highest BCUT2D eigenvalue weighted by molar-refractivity contribution is 5.74. The number of aliphatic imine (C=N–C) groups is 1. The van der Waals surface area contributed by atoms with Gasteiger partial charge in [-0.05, 0) is 19.9 Å². The maximum absolute atomic E-state index is 4.60. The summed E-state index contributed by atoms with van der Waals surface area (Å²) in [6, 6.07) is 0. The van der Waals surface area contributed by atoms with Crippen LogP contribution in [0.5, 0.6) is 0 Å². The zero-order valence-electron chi connectivity index (χ0n) is 7.09. The average Bonchev–Trinajstić information content (AvgIpc) is 1.88. The predicted octanol–water partition coefficient (Wildman–Crippen LogP) is 2.56. The molecule has 1 nitrogen and oxygen atoms in total. The fourth-order valence-electron chi connectivity index (χ4n) is 0.696. The third-order valence-corrected chi connectivity index (χ3v) is 1.10. The second-order valence-electron chi connectivity index (χ2n) is 2.32. The van der Waals surface area contributed by atoms with Gasteiger partial charge in [0.15, 0.2) is 0 Å². The van der Waals surface area contributed by atoms with E-state index in [9.17, 15) is 0 Å². The van der Waals surface area contributed by atoms with Crippen molar-refractivity contribution >= 4 is 6.21 Å².